The van der Waals surface area contributed by atoms with E-state index in [1.807, 2.05) is 72.1 Å². The molecule has 7 nitrogen and oxygen atoms in total. The Hall–Kier alpha value is -3.78. The van der Waals surface area contributed by atoms with E-state index < -0.39 is 0 Å². The van der Waals surface area contributed by atoms with E-state index in [9.17, 15) is 4.79 Å². The Morgan fingerprint density at radius 2 is 1.59 bits per heavy atom. The van der Waals surface area contributed by atoms with Crippen LogP contribution in [-0.4, -0.2) is 47.6 Å². The zero-order valence-corrected chi connectivity index (χ0v) is 23.0. The van der Waals surface area contributed by atoms with Crippen molar-refractivity contribution in [3.05, 3.63) is 78.4 Å². The minimum absolute atomic E-state index is 0.0589. The van der Waals surface area contributed by atoms with Crippen molar-refractivity contribution in [1.82, 2.24) is 14.8 Å². The van der Waals surface area contributed by atoms with Gasteiger partial charge in [0.2, 0.25) is 5.91 Å². The van der Waals surface area contributed by atoms with Crippen molar-refractivity contribution in [1.29, 1.82) is 0 Å². The largest absolute Gasteiger partial charge is 0.497 e. The van der Waals surface area contributed by atoms with E-state index >= 15 is 0 Å². The average molecular weight is 516 g/mol. The van der Waals surface area contributed by atoms with Crippen LogP contribution >= 0.6 is 11.8 Å². The first kappa shape index (κ1) is 26.3. The van der Waals surface area contributed by atoms with E-state index in [0.717, 1.165) is 28.4 Å². The third-order valence-corrected chi connectivity index (χ3v) is 6.90. The number of benzene rings is 3. The summed E-state index contributed by atoms with van der Waals surface area (Å²) in [5.74, 6) is 1.57. The Bertz CT molecular complexity index is 1340. The molecule has 4 aromatic rings. The second-order valence-electron chi connectivity index (χ2n) is 9.95. The number of aromatic nitrogens is 3. The zero-order valence-electron chi connectivity index (χ0n) is 22.1. The lowest BCUT2D eigenvalue weighted by atomic mass is 9.87. The minimum atomic E-state index is -0.108. The Labute approximate surface area is 222 Å². The summed E-state index contributed by atoms with van der Waals surface area (Å²) < 4.78 is 7.31. The standard InChI is InChI=1S/C29H33N5O2S/c1-29(2,3)21-9-7-20(8-10-21)27-31-32-28(34(27)24-15-17-25(36-6)18-16-24)37-19-26(35)30-22-11-13-23(14-12-22)33(4)5/h7-18H,19H2,1-6H3,(H,30,35). The Morgan fingerprint density at radius 3 is 2.16 bits per heavy atom. The summed E-state index contributed by atoms with van der Waals surface area (Å²) in [4.78, 5) is 14.7. The first-order valence-electron chi connectivity index (χ1n) is 12.1. The van der Waals surface area contributed by atoms with Gasteiger partial charge in [0.05, 0.1) is 12.9 Å². The van der Waals surface area contributed by atoms with E-state index in [0.29, 0.717) is 11.0 Å². The maximum absolute atomic E-state index is 12.7. The molecule has 37 heavy (non-hydrogen) atoms. The van der Waals surface area contributed by atoms with Crippen LogP contribution in [0.3, 0.4) is 0 Å². The number of ether oxygens (including phenoxy) is 1. The quantitative estimate of drug-likeness (QED) is 0.289. The lowest BCUT2D eigenvalue weighted by Crippen LogP contribution is -2.15. The number of anilines is 2. The SMILES string of the molecule is COc1ccc(-n2c(SCC(=O)Nc3ccc(N(C)C)cc3)nnc2-c2ccc(C(C)(C)C)cc2)cc1. The number of rotatable bonds is 8. The molecular weight excluding hydrogens is 482 g/mol. The number of amides is 1. The van der Waals surface area contributed by atoms with Gasteiger partial charge in [0.15, 0.2) is 11.0 Å². The van der Waals surface area contributed by atoms with Gasteiger partial charge in [-0.3, -0.25) is 9.36 Å². The summed E-state index contributed by atoms with van der Waals surface area (Å²) in [5.41, 5.74) is 4.98. The van der Waals surface area contributed by atoms with Gasteiger partial charge >= 0.3 is 0 Å². The lowest BCUT2D eigenvalue weighted by molar-refractivity contribution is -0.113. The molecule has 0 bridgehead atoms. The first-order chi connectivity index (χ1) is 17.7. The minimum Gasteiger partial charge on any atom is -0.497 e. The number of nitrogens with zero attached hydrogens (tertiary/aromatic N) is 4. The predicted molar refractivity (Wildman–Crippen MR) is 152 cm³/mol. The average Bonchev–Trinajstić information content (AvgIpc) is 3.31. The van der Waals surface area contributed by atoms with Gasteiger partial charge in [-0.1, -0.05) is 56.8 Å². The molecule has 0 saturated carbocycles. The van der Waals surface area contributed by atoms with Crippen molar-refractivity contribution < 1.29 is 9.53 Å². The molecule has 0 saturated heterocycles. The van der Waals surface area contributed by atoms with Crippen LogP contribution in [0.25, 0.3) is 17.1 Å². The highest BCUT2D eigenvalue weighted by atomic mass is 32.2. The van der Waals surface area contributed by atoms with E-state index in [2.05, 4.69) is 60.6 Å². The molecule has 192 valence electrons. The molecule has 4 rings (SSSR count). The molecule has 0 unspecified atom stereocenters. The van der Waals surface area contributed by atoms with Crippen molar-refractivity contribution in [3.8, 4) is 22.8 Å². The fourth-order valence-electron chi connectivity index (χ4n) is 3.80. The van der Waals surface area contributed by atoms with Gasteiger partial charge in [0, 0.05) is 36.7 Å². The Morgan fingerprint density at radius 1 is 0.946 bits per heavy atom. The lowest BCUT2D eigenvalue weighted by Gasteiger charge is -2.19. The van der Waals surface area contributed by atoms with Crippen LogP contribution in [0.2, 0.25) is 0 Å². The van der Waals surface area contributed by atoms with Crippen LogP contribution in [0.1, 0.15) is 26.3 Å². The predicted octanol–water partition coefficient (Wildman–Crippen LogP) is 6.04. The van der Waals surface area contributed by atoms with E-state index in [1.165, 1.54) is 17.3 Å². The molecule has 0 fully saturated rings. The van der Waals surface area contributed by atoms with Gasteiger partial charge in [-0.2, -0.15) is 0 Å². The summed E-state index contributed by atoms with van der Waals surface area (Å²) in [6, 6.07) is 23.9. The van der Waals surface area contributed by atoms with Crippen LogP contribution in [-0.2, 0) is 10.2 Å². The molecule has 0 radical (unpaired) electrons. The van der Waals surface area contributed by atoms with Gasteiger partial charge in [-0.05, 0) is 59.5 Å². The molecule has 0 spiro atoms. The molecule has 8 heteroatoms. The van der Waals surface area contributed by atoms with E-state index in [-0.39, 0.29) is 17.1 Å². The number of methoxy groups -OCH3 is 1. The molecular formula is C29H33N5O2S. The number of hydrogen-bond acceptors (Lipinski definition) is 6. The Balaban J connectivity index is 1.58. The molecule has 3 aromatic carbocycles. The number of carbonyl (C=O) groups excluding carboxylic acids is 1. The van der Waals surface area contributed by atoms with Crippen molar-refractivity contribution in [3.63, 3.8) is 0 Å². The third kappa shape index (κ3) is 6.32. The fraction of sp³-hybridized carbons (Fsp3) is 0.276. The highest BCUT2D eigenvalue weighted by Gasteiger charge is 2.19. The van der Waals surface area contributed by atoms with Crippen molar-refractivity contribution in [2.75, 3.05) is 37.2 Å². The fourth-order valence-corrected chi connectivity index (χ4v) is 4.56. The molecule has 0 aliphatic rings. The first-order valence-corrected chi connectivity index (χ1v) is 13.0. The molecule has 1 amide bonds. The molecule has 0 aliphatic carbocycles. The summed E-state index contributed by atoms with van der Waals surface area (Å²) in [6.07, 6.45) is 0. The number of carbonyl (C=O) groups is 1. The third-order valence-electron chi connectivity index (χ3n) is 5.97. The number of nitrogens with one attached hydrogen (secondary N) is 1. The molecule has 0 atom stereocenters. The van der Waals surface area contributed by atoms with Crippen LogP contribution in [0.5, 0.6) is 5.75 Å². The van der Waals surface area contributed by atoms with Crippen molar-refractivity contribution >= 4 is 29.0 Å². The number of hydrogen-bond donors (Lipinski definition) is 1. The van der Waals surface area contributed by atoms with Crippen LogP contribution in [0.15, 0.2) is 78.0 Å². The topological polar surface area (TPSA) is 72.3 Å². The van der Waals surface area contributed by atoms with E-state index in [1.54, 1.807) is 7.11 Å². The second-order valence-corrected chi connectivity index (χ2v) is 10.9. The van der Waals surface area contributed by atoms with Gasteiger partial charge in [-0.15, -0.1) is 10.2 Å². The Kier molecular flexibility index (Phi) is 7.88. The van der Waals surface area contributed by atoms with Gasteiger partial charge in [-0.25, -0.2) is 0 Å². The highest BCUT2D eigenvalue weighted by molar-refractivity contribution is 7.99. The van der Waals surface area contributed by atoms with Crippen LogP contribution in [0, 0.1) is 0 Å². The summed E-state index contributed by atoms with van der Waals surface area (Å²) in [5, 5.41) is 12.6. The number of thioether (sulfide) groups is 1. The van der Waals surface area contributed by atoms with Crippen LogP contribution < -0.4 is 15.0 Å². The maximum Gasteiger partial charge on any atom is 0.234 e. The van der Waals surface area contributed by atoms with Crippen molar-refractivity contribution in [2.24, 2.45) is 0 Å². The van der Waals surface area contributed by atoms with Gasteiger partial charge < -0.3 is 15.0 Å². The molecule has 1 aromatic heterocycles. The smallest absolute Gasteiger partial charge is 0.234 e. The molecule has 1 heterocycles. The van der Waals surface area contributed by atoms with E-state index in [4.69, 9.17) is 4.74 Å². The summed E-state index contributed by atoms with van der Waals surface area (Å²) in [6.45, 7) is 6.58. The van der Waals surface area contributed by atoms with Gasteiger partial charge in [0.1, 0.15) is 5.75 Å². The van der Waals surface area contributed by atoms with Crippen molar-refractivity contribution in [2.45, 2.75) is 31.3 Å². The zero-order chi connectivity index (χ0) is 26.6. The molecule has 0 aliphatic heterocycles. The second kappa shape index (κ2) is 11.1. The summed E-state index contributed by atoms with van der Waals surface area (Å²) >= 11 is 1.35. The highest BCUT2D eigenvalue weighted by Crippen LogP contribution is 2.31. The van der Waals surface area contributed by atoms with Crippen LogP contribution in [0.4, 0.5) is 11.4 Å². The maximum atomic E-state index is 12.7. The summed E-state index contributed by atoms with van der Waals surface area (Å²) in [7, 11) is 5.61. The molecule has 1 N–H and O–H groups in total. The monoisotopic (exact) mass is 515 g/mol. The normalized spacial score (nSPS) is 11.3. The van der Waals surface area contributed by atoms with Gasteiger partial charge in [0.25, 0.3) is 0 Å².